The smallest absolute Gasteiger partial charge is 0.147 e. The van der Waals surface area contributed by atoms with Gasteiger partial charge >= 0.3 is 0 Å². The van der Waals surface area contributed by atoms with E-state index in [0.717, 1.165) is 30.4 Å². The first-order chi connectivity index (χ1) is 8.41. The highest BCUT2D eigenvalue weighted by Gasteiger charge is 2.33. The molecule has 0 bridgehead atoms. The number of aryl methyl sites for hydroxylation is 1. The van der Waals surface area contributed by atoms with Crippen molar-refractivity contribution in [1.29, 1.82) is 0 Å². The lowest BCUT2D eigenvalue weighted by molar-refractivity contribution is 0.0237. The molecular weight excluding hydrogens is 248 g/mol. The molecule has 4 heteroatoms. The van der Waals surface area contributed by atoms with Gasteiger partial charge in [0.2, 0.25) is 0 Å². The highest BCUT2D eigenvalue weighted by Crippen LogP contribution is 2.36. The van der Waals surface area contributed by atoms with Gasteiger partial charge in [-0.25, -0.2) is 8.42 Å². The lowest BCUT2D eigenvalue weighted by Gasteiger charge is -2.28. The highest BCUT2D eigenvalue weighted by atomic mass is 32.2. The van der Waals surface area contributed by atoms with Gasteiger partial charge < -0.3 is 5.11 Å². The topological polar surface area (TPSA) is 54.4 Å². The highest BCUT2D eigenvalue weighted by molar-refractivity contribution is 7.90. The van der Waals surface area contributed by atoms with E-state index < -0.39 is 15.4 Å². The molecule has 100 valence electrons. The first-order valence-corrected chi connectivity index (χ1v) is 8.45. The van der Waals surface area contributed by atoms with Crippen LogP contribution in [0, 0.1) is 0 Å². The summed E-state index contributed by atoms with van der Waals surface area (Å²) in [6, 6.07) is 7.85. The van der Waals surface area contributed by atoms with Crippen molar-refractivity contribution in [3.05, 3.63) is 35.4 Å². The van der Waals surface area contributed by atoms with Gasteiger partial charge in [0, 0.05) is 6.26 Å². The second-order valence-electron chi connectivity index (χ2n) is 5.28. The Balaban J connectivity index is 2.31. The van der Waals surface area contributed by atoms with Gasteiger partial charge in [-0.05, 0) is 43.2 Å². The summed E-state index contributed by atoms with van der Waals surface area (Å²) >= 11 is 0. The molecule has 1 N–H and O–H groups in total. The molecule has 18 heavy (non-hydrogen) atoms. The number of hydrogen-bond donors (Lipinski definition) is 1. The summed E-state index contributed by atoms with van der Waals surface area (Å²) in [4.78, 5) is 0. The normalized spacial score (nSPS) is 24.3. The number of fused-ring (bicyclic) bond motifs is 1. The minimum atomic E-state index is -3.04. The zero-order valence-electron chi connectivity index (χ0n) is 10.7. The third-order valence-corrected chi connectivity index (χ3v) is 4.64. The van der Waals surface area contributed by atoms with Crippen LogP contribution >= 0.6 is 0 Å². The molecule has 1 aromatic rings. The maximum absolute atomic E-state index is 11.3. The Labute approximate surface area is 109 Å². The van der Waals surface area contributed by atoms with Gasteiger partial charge in [-0.3, -0.25) is 0 Å². The molecule has 1 aliphatic carbocycles. The van der Waals surface area contributed by atoms with Crippen molar-refractivity contribution in [2.24, 2.45) is 0 Å². The van der Waals surface area contributed by atoms with E-state index in [1.54, 1.807) is 0 Å². The van der Waals surface area contributed by atoms with E-state index in [4.69, 9.17) is 0 Å². The predicted octanol–water partition coefficient (Wildman–Crippen LogP) is 2.04. The van der Waals surface area contributed by atoms with Crippen molar-refractivity contribution < 1.29 is 13.5 Å². The molecule has 0 fully saturated rings. The summed E-state index contributed by atoms with van der Waals surface area (Å²) < 4.78 is 22.6. The summed E-state index contributed by atoms with van der Waals surface area (Å²) in [7, 11) is -3.04. The molecule has 1 aromatic carbocycles. The molecule has 1 atom stereocenters. The van der Waals surface area contributed by atoms with Crippen LogP contribution in [-0.2, 0) is 21.9 Å². The van der Waals surface area contributed by atoms with E-state index in [0.29, 0.717) is 12.8 Å². The second-order valence-corrected chi connectivity index (χ2v) is 7.54. The minimum absolute atomic E-state index is 0.0395. The Hall–Kier alpha value is -0.870. The summed E-state index contributed by atoms with van der Waals surface area (Å²) in [5.41, 5.74) is 1.10. The second kappa shape index (κ2) is 5.02. The number of benzene rings is 1. The Morgan fingerprint density at radius 2 is 2.00 bits per heavy atom. The number of aliphatic hydroxyl groups is 1. The Kier molecular flexibility index (Phi) is 3.78. The lowest BCUT2D eigenvalue weighted by atomic mass is 9.86. The van der Waals surface area contributed by atoms with Gasteiger partial charge in [-0.2, -0.15) is 0 Å². The van der Waals surface area contributed by atoms with E-state index in [-0.39, 0.29) is 5.75 Å². The Bertz CT molecular complexity index is 522. The molecule has 0 saturated carbocycles. The van der Waals surface area contributed by atoms with Crippen molar-refractivity contribution in [1.82, 2.24) is 0 Å². The Morgan fingerprint density at radius 1 is 1.28 bits per heavy atom. The van der Waals surface area contributed by atoms with E-state index in [1.807, 2.05) is 24.3 Å². The zero-order valence-corrected chi connectivity index (χ0v) is 11.5. The molecule has 1 aliphatic rings. The summed E-state index contributed by atoms with van der Waals surface area (Å²) in [6.45, 7) is 0. The van der Waals surface area contributed by atoms with Gasteiger partial charge in [0.05, 0.1) is 11.4 Å². The largest absolute Gasteiger partial charge is 0.385 e. The number of hydrogen-bond acceptors (Lipinski definition) is 3. The van der Waals surface area contributed by atoms with Crippen LogP contribution in [0.4, 0.5) is 0 Å². The standard InChI is InChI=1S/C14H20O3S/c1-18(16,17)11-10-14(15)9-5-4-7-12-6-2-3-8-13(12)14/h2-3,6,8,15H,4-5,7,9-11H2,1H3. The predicted molar refractivity (Wildman–Crippen MR) is 72.2 cm³/mol. The molecule has 3 nitrogen and oxygen atoms in total. The number of rotatable bonds is 3. The van der Waals surface area contributed by atoms with Crippen LogP contribution in [-0.4, -0.2) is 25.5 Å². The third-order valence-electron chi connectivity index (χ3n) is 3.69. The molecule has 0 spiro atoms. The van der Waals surface area contributed by atoms with Gasteiger partial charge in [0.15, 0.2) is 0 Å². The zero-order chi connectivity index (χ0) is 13.2. The van der Waals surface area contributed by atoms with Crippen LogP contribution in [0.15, 0.2) is 24.3 Å². The molecular formula is C14H20O3S. The van der Waals surface area contributed by atoms with E-state index in [2.05, 4.69) is 0 Å². The average molecular weight is 268 g/mol. The van der Waals surface area contributed by atoms with Crippen molar-refractivity contribution in [3.8, 4) is 0 Å². The van der Waals surface area contributed by atoms with Gasteiger partial charge in [-0.15, -0.1) is 0 Å². The Morgan fingerprint density at radius 3 is 2.72 bits per heavy atom. The van der Waals surface area contributed by atoms with E-state index in [9.17, 15) is 13.5 Å². The summed E-state index contributed by atoms with van der Waals surface area (Å²) in [5, 5.41) is 10.8. The third kappa shape index (κ3) is 3.12. The fourth-order valence-corrected chi connectivity index (χ4v) is 3.38. The molecule has 0 amide bonds. The van der Waals surface area contributed by atoms with Gasteiger partial charge in [0.1, 0.15) is 9.84 Å². The monoisotopic (exact) mass is 268 g/mol. The van der Waals surface area contributed by atoms with Crippen LogP contribution in [0.1, 0.15) is 36.8 Å². The molecule has 0 heterocycles. The van der Waals surface area contributed by atoms with E-state index in [1.165, 1.54) is 6.26 Å². The van der Waals surface area contributed by atoms with Crippen LogP contribution in [0.2, 0.25) is 0 Å². The van der Waals surface area contributed by atoms with Crippen molar-refractivity contribution in [2.75, 3.05) is 12.0 Å². The molecule has 2 rings (SSSR count). The average Bonchev–Trinajstić information content (AvgIpc) is 2.47. The van der Waals surface area contributed by atoms with Gasteiger partial charge in [0.25, 0.3) is 0 Å². The SMILES string of the molecule is CS(=O)(=O)CCC1(O)CCCCc2ccccc21. The van der Waals surface area contributed by atoms with Crippen molar-refractivity contribution in [3.63, 3.8) is 0 Å². The molecule has 0 saturated heterocycles. The molecule has 0 aromatic heterocycles. The first-order valence-electron chi connectivity index (χ1n) is 6.39. The number of sulfone groups is 1. The minimum Gasteiger partial charge on any atom is -0.385 e. The maximum Gasteiger partial charge on any atom is 0.147 e. The van der Waals surface area contributed by atoms with Crippen LogP contribution in [0.25, 0.3) is 0 Å². The molecule has 0 radical (unpaired) electrons. The lowest BCUT2D eigenvalue weighted by Crippen LogP contribution is -2.29. The van der Waals surface area contributed by atoms with E-state index >= 15 is 0 Å². The van der Waals surface area contributed by atoms with Crippen molar-refractivity contribution in [2.45, 2.75) is 37.7 Å². The fraction of sp³-hybridized carbons (Fsp3) is 0.571. The van der Waals surface area contributed by atoms with Crippen LogP contribution in [0.5, 0.6) is 0 Å². The molecule has 0 aliphatic heterocycles. The molecule has 1 unspecified atom stereocenters. The quantitative estimate of drug-likeness (QED) is 0.853. The van der Waals surface area contributed by atoms with Crippen LogP contribution < -0.4 is 0 Å². The van der Waals surface area contributed by atoms with Crippen molar-refractivity contribution >= 4 is 9.84 Å². The maximum atomic E-state index is 11.3. The summed E-state index contributed by atoms with van der Waals surface area (Å²) in [6.07, 6.45) is 5.13. The van der Waals surface area contributed by atoms with Gasteiger partial charge in [-0.1, -0.05) is 24.3 Å². The summed E-state index contributed by atoms with van der Waals surface area (Å²) in [5.74, 6) is 0.0395. The fourth-order valence-electron chi connectivity index (χ4n) is 2.67. The van der Waals surface area contributed by atoms with Crippen LogP contribution in [0.3, 0.4) is 0 Å². The first kappa shape index (κ1) is 13.6.